The fourth-order valence-corrected chi connectivity index (χ4v) is 1.92. The van der Waals surface area contributed by atoms with Gasteiger partial charge in [0.25, 0.3) is 0 Å². The van der Waals surface area contributed by atoms with Crippen LogP contribution < -0.4 is 0 Å². The number of unbranched alkanes of at least 4 members (excludes halogenated alkanes) is 2. The molecule has 15 heavy (non-hydrogen) atoms. The van der Waals surface area contributed by atoms with Gasteiger partial charge < -0.3 is 0 Å². The molecule has 82 valence electrons. The van der Waals surface area contributed by atoms with Crippen molar-refractivity contribution in [2.24, 2.45) is 0 Å². The van der Waals surface area contributed by atoms with Crippen molar-refractivity contribution >= 4 is 41.9 Å². The van der Waals surface area contributed by atoms with Crippen molar-refractivity contribution in [3.8, 4) is 0 Å². The third-order valence-electron chi connectivity index (χ3n) is 2.04. The van der Waals surface area contributed by atoms with Crippen molar-refractivity contribution in [2.45, 2.75) is 19.3 Å². The quantitative estimate of drug-likeness (QED) is 0.552. The Morgan fingerprint density at radius 1 is 1.20 bits per heavy atom. The van der Waals surface area contributed by atoms with Crippen molar-refractivity contribution in [3.05, 3.63) is 39.9 Å². The first-order valence-corrected chi connectivity index (χ1v) is 6.35. The zero-order valence-electron chi connectivity index (χ0n) is 8.42. The van der Waals surface area contributed by atoms with Crippen LogP contribution in [0, 0.1) is 0 Å². The molecule has 0 saturated heterocycles. The molecule has 0 fully saturated rings. The highest BCUT2D eigenvalue weighted by Crippen LogP contribution is 2.22. The SMILES string of the molecule is SCCCC/C=C/c1ccc(Cl)cc1Cl. The molecule has 0 aliphatic heterocycles. The molecular weight excluding hydrogens is 247 g/mol. The number of hydrogen-bond acceptors (Lipinski definition) is 1. The molecule has 0 aliphatic rings. The van der Waals surface area contributed by atoms with E-state index < -0.39 is 0 Å². The lowest BCUT2D eigenvalue weighted by Gasteiger charge is -1.98. The summed E-state index contributed by atoms with van der Waals surface area (Å²) in [7, 11) is 0. The fourth-order valence-electron chi connectivity index (χ4n) is 1.22. The number of halogens is 2. The van der Waals surface area contributed by atoms with Crippen molar-refractivity contribution < 1.29 is 0 Å². The molecule has 0 spiro atoms. The Morgan fingerprint density at radius 3 is 2.67 bits per heavy atom. The maximum atomic E-state index is 6.02. The maximum absolute atomic E-state index is 6.02. The van der Waals surface area contributed by atoms with Crippen LogP contribution in [0.1, 0.15) is 24.8 Å². The van der Waals surface area contributed by atoms with E-state index >= 15 is 0 Å². The van der Waals surface area contributed by atoms with Gasteiger partial charge in [-0.3, -0.25) is 0 Å². The number of thiol groups is 1. The van der Waals surface area contributed by atoms with Crippen LogP contribution in [-0.4, -0.2) is 5.75 Å². The molecule has 0 saturated carbocycles. The molecule has 0 radical (unpaired) electrons. The van der Waals surface area contributed by atoms with Crippen molar-refractivity contribution in [1.29, 1.82) is 0 Å². The van der Waals surface area contributed by atoms with Gasteiger partial charge in [-0.15, -0.1) is 0 Å². The van der Waals surface area contributed by atoms with E-state index in [4.69, 9.17) is 23.2 Å². The monoisotopic (exact) mass is 260 g/mol. The van der Waals surface area contributed by atoms with Crippen molar-refractivity contribution in [1.82, 2.24) is 0 Å². The van der Waals surface area contributed by atoms with Crippen LogP contribution >= 0.6 is 35.8 Å². The van der Waals surface area contributed by atoms with Crippen LogP contribution in [0.15, 0.2) is 24.3 Å². The van der Waals surface area contributed by atoms with E-state index in [0.29, 0.717) is 10.0 Å². The first-order valence-electron chi connectivity index (χ1n) is 4.96. The van der Waals surface area contributed by atoms with E-state index in [0.717, 1.165) is 24.2 Å². The second-order valence-corrected chi connectivity index (χ2v) is 4.58. The summed E-state index contributed by atoms with van der Waals surface area (Å²) in [6, 6.07) is 5.54. The summed E-state index contributed by atoms with van der Waals surface area (Å²) in [5.41, 5.74) is 1.02. The van der Waals surface area contributed by atoms with Gasteiger partial charge in [0.15, 0.2) is 0 Å². The van der Waals surface area contributed by atoms with Gasteiger partial charge in [-0.2, -0.15) is 12.6 Å². The highest BCUT2D eigenvalue weighted by Gasteiger charge is 1.96. The summed E-state index contributed by atoms with van der Waals surface area (Å²) < 4.78 is 0. The average Bonchev–Trinajstić information content (AvgIpc) is 2.20. The molecule has 0 amide bonds. The minimum Gasteiger partial charge on any atom is -0.179 e. The highest BCUT2D eigenvalue weighted by atomic mass is 35.5. The minimum absolute atomic E-state index is 0.673. The first-order chi connectivity index (χ1) is 7.24. The Bertz CT molecular complexity index is 334. The van der Waals surface area contributed by atoms with Crippen LogP contribution in [-0.2, 0) is 0 Å². The van der Waals surface area contributed by atoms with E-state index in [9.17, 15) is 0 Å². The summed E-state index contributed by atoms with van der Waals surface area (Å²) in [5.74, 6) is 0.954. The minimum atomic E-state index is 0.673. The largest absolute Gasteiger partial charge is 0.179 e. The van der Waals surface area contributed by atoms with Gasteiger partial charge in [0.05, 0.1) is 0 Å². The number of rotatable bonds is 5. The van der Waals surface area contributed by atoms with E-state index in [1.165, 1.54) is 6.42 Å². The molecule has 0 aliphatic carbocycles. The molecule has 0 nitrogen and oxygen atoms in total. The summed E-state index contributed by atoms with van der Waals surface area (Å²) >= 11 is 16.0. The summed E-state index contributed by atoms with van der Waals surface area (Å²) in [5, 5.41) is 1.38. The molecule has 3 heteroatoms. The number of hydrogen-bond donors (Lipinski definition) is 1. The molecule has 0 bridgehead atoms. The van der Waals surface area contributed by atoms with Crippen LogP contribution in [0.25, 0.3) is 6.08 Å². The van der Waals surface area contributed by atoms with E-state index in [1.54, 1.807) is 6.07 Å². The van der Waals surface area contributed by atoms with Gasteiger partial charge in [0.1, 0.15) is 0 Å². The van der Waals surface area contributed by atoms with Crippen molar-refractivity contribution in [2.75, 3.05) is 5.75 Å². The van der Waals surface area contributed by atoms with Gasteiger partial charge in [0.2, 0.25) is 0 Å². The van der Waals surface area contributed by atoms with E-state index in [-0.39, 0.29) is 0 Å². The molecular formula is C12H14Cl2S. The Kier molecular flexibility index (Phi) is 6.23. The topological polar surface area (TPSA) is 0 Å². The molecule has 1 aromatic carbocycles. The Hall–Kier alpha value is -0.110. The van der Waals surface area contributed by atoms with Gasteiger partial charge in [-0.25, -0.2) is 0 Å². The maximum Gasteiger partial charge on any atom is 0.0493 e. The van der Waals surface area contributed by atoms with Gasteiger partial charge in [0, 0.05) is 10.0 Å². The molecule has 0 N–H and O–H groups in total. The average molecular weight is 261 g/mol. The summed E-state index contributed by atoms with van der Waals surface area (Å²) in [6.07, 6.45) is 7.57. The Balaban J connectivity index is 2.49. The molecule has 0 heterocycles. The Labute approximate surface area is 107 Å². The molecule has 1 aromatic rings. The van der Waals surface area contributed by atoms with Crippen LogP contribution in [0.5, 0.6) is 0 Å². The highest BCUT2D eigenvalue weighted by molar-refractivity contribution is 7.80. The van der Waals surface area contributed by atoms with Gasteiger partial charge >= 0.3 is 0 Å². The lowest BCUT2D eigenvalue weighted by molar-refractivity contribution is 0.826. The van der Waals surface area contributed by atoms with Crippen LogP contribution in [0.3, 0.4) is 0 Å². The standard InChI is InChI=1S/C12H14Cl2S/c13-11-7-6-10(12(14)9-11)5-3-1-2-4-8-15/h3,5-7,9,15H,1-2,4,8H2/b5-3+. The molecule has 1 rings (SSSR count). The van der Waals surface area contributed by atoms with Crippen molar-refractivity contribution in [3.63, 3.8) is 0 Å². The predicted octanol–water partition coefficient (Wildman–Crippen LogP) is 5.11. The van der Waals surface area contributed by atoms with Crippen LogP contribution in [0.4, 0.5) is 0 Å². The number of allylic oxidation sites excluding steroid dienone is 1. The normalized spacial score (nSPS) is 11.1. The smallest absolute Gasteiger partial charge is 0.0493 e. The fraction of sp³-hybridized carbons (Fsp3) is 0.333. The van der Waals surface area contributed by atoms with Crippen LogP contribution in [0.2, 0.25) is 10.0 Å². The predicted molar refractivity (Wildman–Crippen MR) is 73.2 cm³/mol. The van der Waals surface area contributed by atoms with Gasteiger partial charge in [-0.1, -0.05) is 41.4 Å². The number of benzene rings is 1. The second-order valence-electron chi connectivity index (χ2n) is 3.29. The summed E-state index contributed by atoms with van der Waals surface area (Å²) in [4.78, 5) is 0. The first kappa shape index (κ1) is 13.0. The second kappa shape index (κ2) is 7.21. The molecule has 0 unspecified atom stereocenters. The lowest BCUT2D eigenvalue weighted by Crippen LogP contribution is -1.77. The molecule has 0 aromatic heterocycles. The third-order valence-corrected chi connectivity index (χ3v) is 2.92. The van der Waals surface area contributed by atoms with E-state index in [2.05, 4.69) is 18.7 Å². The third kappa shape index (κ3) is 4.96. The summed E-state index contributed by atoms with van der Waals surface area (Å²) in [6.45, 7) is 0. The lowest BCUT2D eigenvalue weighted by atomic mass is 10.1. The Morgan fingerprint density at radius 2 is 2.00 bits per heavy atom. The zero-order valence-corrected chi connectivity index (χ0v) is 10.8. The van der Waals surface area contributed by atoms with Gasteiger partial charge in [-0.05, 0) is 42.7 Å². The molecule has 0 atom stereocenters. The van der Waals surface area contributed by atoms with E-state index in [1.807, 2.05) is 18.2 Å². The zero-order chi connectivity index (χ0) is 11.1.